The van der Waals surface area contributed by atoms with Crippen LogP contribution < -0.4 is 4.90 Å². The summed E-state index contributed by atoms with van der Waals surface area (Å²) in [5, 5.41) is 8.77. The molecule has 104 valence electrons. The van der Waals surface area contributed by atoms with Gasteiger partial charge in [-0.2, -0.15) is 0 Å². The topological polar surface area (TPSA) is 74.7 Å². The number of halogens is 1. The molecule has 0 bridgehead atoms. The van der Waals surface area contributed by atoms with Crippen molar-refractivity contribution in [3.63, 3.8) is 0 Å². The predicted octanol–water partition coefficient (Wildman–Crippen LogP) is 1.15. The predicted molar refractivity (Wildman–Crippen MR) is 68.8 cm³/mol. The minimum atomic E-state index is -3.07. The summed E-state index contributed by atoms with van der Waals surface area (Å²) < 4.78 is 36.8. The number of nitrogens with zero attached hydrogens (tertiary/aromatic N) is 1. The van der Waals surface area contributed by atoms with Crippen molar-refractivity contribution in [3.05, 3.63) is 29.6 Å². The number of aromatic carboxylic acids is 1. The zero-order chi connectivity index (χ0) is 14.2. The van der Waals surface area contributed by atoms with Crippen molar-refractivity contribution in [1.82, 2.24) is 0 Å². The van der Waals surface area contributed by atoms with Gasteiger partial charge in [-0.1, -0.05) is 0 Å². The quantitative estimate of drug-likeness (QED) is 0.883. The largest absolute Gasteiger partial charge is 0.478 e. The summed E-state index contributed by atoms with van der Waals surface area (Å²) in [6.45, 7) is 1.92. The highest BCUT2D eigenvalue weighted by Gasteiger charge is 2.29. The molecule has 0 aliphatic carbocycles. The first kappa shape index (κ1) is 13.8. The molecule has 0 aromatic heterocycles. The van der Waals surface area contributed by atoms with Gasteiger partial charge in [-0.05, 0) is 25.1 Å². The Morgan fingerprint density at radius 3 is 2.68 bits per heavy atom. The van der Waals surface area contributed by atoms with E-state index < -0.39 is 21.6 Å². The van der Waals surface area contributed by atoms with E-state index in [9.17, 15) is 17.6 Å². The van der Waals surface area contributed by atoms with Gasteiger partial charge < -0.3 is 10.0 Å². The molecule has 0 radical (unpaired) electrons. The normalized spacial score (nSPS) is 22.2. The third-order valence-corrected chi connectivity index (χ3v) is 4.97. The van der Waals surface area contributed by atoms with E-state index in [0.29, 0.717) is 0 Å². The van der Waals surface area contributed by atoms with Crippen LogP contribution in [0.3, 0.4) is 0 Å². The van der Waals surface area contributed by atoms with E-state index in [1.54, 1.807) is 11.8 Å². The van der Waals surface area contributed by atoms with Gasteiger partial charge in [0.25, 0.3) is 0 Å². The van der Waals surface area contributed by atoms with E-state index in [1.165, 1.54) is 12.1 Å². The van der Waals surface area contributed by atoms with E-state index in [-0.39, 0.29) is 35.3 Å². The third kappa shape index (κ3) is 2.86. The lowest BCUT2D eigenvalue weighted by Gasteiger charge is -2.35. The number of anilines is 1. The number of carboxylic acids is 1. The van der Waals surface area contributed by atoms with Crippen molar-refractivity contribution >= 4 is 21.5 Å². The standard InChI is InChI=1S/C12H14FNO4S/c1-8-7-19(17,18)5-4-14(8)11-3-2-9(12(15)16)6-10(11)13/h2-3,6,8H,4-5,7H2,1H3,(H,15,16). The Hall–Kier alpha value is -1.63. The zero-order valence-corrected chi connectivity index (χ0v) is 11.2. The lowest BCUT2D eigenvalue weighted by molar-refractivity contribution is 0.0696. The van der Waals surface area contributed by atoms with Gasteiger partial charge in [0.05, 0.1) is 22.8 Å². The van der Waals surface area contributed by atoms with Crippen LogP contribution in [0, 0.1) is 5.82 Å². The zero-order valence-electron chi connectivity index (χ0n) is 10.3. The molecule has 19 heavy (non-hydrogen) atoms. The minimum absolute atomic E-state index is 0.0164. The second kappa shape index (κ2) is 4.80. The number of rotatable bonds is 2. The van der Waals surface area contributed by atoms with E-state index in [2.05, 4.69) is 0 Å². The lowest BCUT2D eigenvalue weighted by Crippen LogP contribution is -2.47. The Morgan fingerprint density at radius 2 is 2.16 bits per heavy atom. The van der Waals surface area contributed by atoms with Crippen molar-refractivity contribution in [2.24, 2.45) is 0 Å². The number of carboxylic acid groups (broad SMARTS) is 1. The van der Waals surface area contributed by atoms with Crippen LogP contribution in [0.4, 0.5) is 10.1 Å². The Balaban J connectivity index is 2.30. The summed E-state index contributed by atoms with van der Waals surface area (Å²) in [7, 11) is -3.07. The molecule has 1 heterocycles. The highest BCUT2D eigenvalue weighted by atomic mass is 32.2. The average molecular weight is 287 g/mol. The summed E-state index contributed by atoms with van der Waals surface area (Å²) in [6.07, 6.45) is 0. The molecule has 0 amide bonds. The van der Waals surface area contributed by atoms with Gasteiger partial charge in [-0.3, -0.25) is 0 Å². The molecule has 1 aromatic carbocycles. The molecule has 1 fully saturated rings. The Kier molecular flexibility index (Phi) is 3.49. The van der Waals surface area contributed by atoms with Crippen LogP contribution >= 0.6 is 0 Å². The first-order chi connectivity index (χ1) is 8.80. The van der Waals surface area contributed by atoms with Crippen molar-refractivity contribution in [2.75, 3.05) is 23.0 Å². The highest BCUT2D eigenvalue weighted by Crippen LogP contribution is 2.25. The molecule has 1 aromatic rings. The highest BCUT2D eigenvalue weighted by molar-refractivity contribution is 7.91. The van der Waals surface area contributed by atoms with Gasteiger partial charge in [0.1, 0.15) is 5.82 Å². The van der Waals surface area contributed by atoms with E-state index in [0.717, 1.165) is 6.07 Å². The van der Waals surface area contributed by atoms with Crippen LogP contribution in [0.2, 0.25) is 0 Å². The van der Waals surface area contributed by atoms with Crippen molar-refractivity contribution in [3.8, 4) is 0 Å². The molecule has 1 N–H and O–H groups in total. The molecule has 5 nitrogen and oxygen atoms in total. The molecule has 0 saturated carbocycles. The van der Waals surface area contributed by atoms with Crippen LogP contribution in [0.25, 0.3) is 0 Å². The van der Waals surface area contributed by atoms with Gasteiger partial charge in [0.2, 0.25) is 0 Å². The summed E-state index contributed by atoms with van der Waals surface area (Å²) in [4.78, 5) is 12.4. The van der Waals surface area contributed by atoms with Crippen molar-refractivity contribution in [1.29, 1.82) is 0 Å². The van der Waals surface area contributed by atoms with Gasteiger partial charge >= 0.3 is 5.97 Å². The van der Waals surface area contributed by atoms with Gasteiger partial charge in [-0.15, -0.1) is 0 Å². The maximum atomic E-state index is 13.9. The van der Waals surface area contributed by atoms with Gasteiger partial charge in [0, 0.05) is 12.6 Å². The molecule has 1 atom stereocenters. The molecule has 1 aliphatic rings. The summed E-state index contributed by atoms with van der Waals surface area (Å²) in [5.41, 5.74) is 0.117. The molecule has 2 rings (SSSR count). The average Bonchev–Trinajstić information content (AvgIpc) is 2.29. The molecule has 1 aliphatic heterocycles. The number of hydrogen-bond donors (Lipinski definition) is 1. The first-order valence-corrected chi connectivity index (χ1v) is 7.62. The van der Waals surface area contributed by atoms with E-state index >= 15 is 0 Å². The second-order valence-electron chi connectivity index (χ2n) is 4.63. The number of carbonyl (C=O) groups is 1. The number of benzene rings is 1. The Morgan fingerprint density at radius 1 is 1.47 bits per heavy atom. The number of hydrogen-bond acceptors (Lipinski definition) is 4. The summed E-state index contributed by atoms with van der Waals surface area (Å²) >= 11 is 0. The van der Waals surface area contributed by atoms with Crippen LogP contribution in [-0.2, 0) is 9.84 Å². The fourth-order valence-corrected chi connectivity index (χ4v) is 3.79. The fourth-order valence-electron chi connectivity index (χ4n) is 2.23. The van der Waals surface area contributed by atoms with E-state index in [4.69, 9.17) is 5.11 Å². The molecule has 0 spiro atoms. The molecule has 1 saturated heterocycles. The molecule has 7 heteroatoms. The SMILES string of the molecule is CC1CS(=O)(=O)CCN1c1ccc(C(=O)O)cc1F. The van der Waals surface area contributed by atoms with Crippen molar-refractivity contribution < 1.29 is 22.7 Å². The van der Waals surface area contributed by atoms with Crippen LogP contribution in [0.1, 0.15) is 17.3 Å². The maximum Gasteiger partial charge on any atom is 0.335 e. The van der Waals surface area contributed by atoms with Crippen LogP contribution in [-0.4, -0.2) is 43.6 Å². The monoisotopic (exact) mass is 287 g/mol. The molecular formula is C12H14FNO4S. The fraction of sp³-hybridized carbons (Fsp3) is 0.417. The lowest BCUT2D eigenvalue weighted by atomic mass is 10.1. The Labute approximate surface area is 110 Å². The van der Waals surface area contributed by atoms with Crippen LogP contribution in [0.5, 0.6) is 0 Å². The van der Waals surface area contributed by atoms with E-state index in [1.807, 2.05) is 0 Å². The number of sulfone groups is 1. The third-order valence-electron chi connectivity index (χ3n) is 3.17. The van der Waals surface area contributed by atoms with Crippen LogP contribution in [0.15, 0.2) is 18.2 Å². The van der Waals surface area contributed by atoms with Gasteiger partial charge in [-0.25, -0.2) is 17.6 Å². The second-order valence-corrected chi connectivity index (χ2v) is 6.86. The van der Waals surface area contributed by atoms with Gasteiger partial charge in [0.15, 0.2) is 9.84 Å². The molecule has 1 unspecified atom stereocenters. The first-order valence-electron chi connectivity index (χ1n) is 5.80. The summed E-state index contributed by atoms with van der Waals surface area (Å²) in [6, 6.07) is 3.32. The minimum Gasteiger partial charge on any atom is -0.478 e. The molecular weight excluding hydrogens is 273 g/mol. The smallest absolute Gasteiger partial charge is 0.335 e. The van der Waals surface area contributed by atoms with Crippen molar-refractivity contribution in [2.45, 2.75) is 13.0 Å². The summed E-state index contributed by atoms with van der Waals surface area (Å²) in [5.74, 6) is -1.88. The Bertz CT molecular complexity index is 614. The maximum absolute atomic E-state index is 13.9.